The number of fused-ring (bicyclic) bond motifs is 4. The molecule has 3 saturated carbocycles. The van der Waals surface area contributed by atoms with Gasteiger partial charge in [-0.1, -0.05) is 5.16 Å². The molecular formula is C50H52F2N10O4. The second-order valence-electron chi connectivity index (χ2n) is 20.3. The van der Waals surface area contributed by atoms with Gasteiger partial charge in [-0.05, 0) is 151 Å². The molecule has 16 heteroatoms. The van der Waals surface area contributed by atoms with Gasteiger partial charge in [-0.25, -0.2) is 18.3 Å². The van der Waals surface area contributed by atoms with E-state index in [-0.39, 0.29) is 40.8 Å². The SMILES string of the molecule is Cc1cc(-n2nc3c(c2-n2ccn(-c4ccc5c(cnn5C5CC5)c4F)c2=O)[C@H](C)N(C(=O)c2cc4cc([C@H]5CCOC(C)(C)C5)ccn4c2C2(/C(N)=N/O)CC2)CC32CC2)cc(C)c1F. The van der Waals surface area contributed by atoms with E-state index in [4.69, 9.17) is 15.6 Å². The van der Waals surface area contributed by atoms with Gasteiger partial charge in [0.05, 0.1) is 62.8 Å². The third-order valence-electron chi connectivity index (χ3n) is 15.4. The lowest BCUT2D eigenvalue weighted by atomic mass is 9.84. The van der Waals surface area contributed by atoms with E-state index in [1.807, 2.05) is 33.2 Å². The van der Waals surface area contributed by atoms with E-state index in [1.54, 1.807) is 55.2 Å². The minimum Gasteiger partial charge on any atom is -0.409 e. The number of hydrogen-bond acceptors (Lipinski definition) is 7. The van der Waals surface area contributed by atoms with Crippen molar-refractivity contribution < 1.29 is 23.5 Å². The number of aryl methyl sites for hydroxylation is 2. The van der Waals surface area contributed by atoms with Crippen molar-refractivity contribution in [3.63, 3.8) is 0 Å². The fourth-order valence-corrected chi connectivity index (χ4v) is 11.3. The molecule has 4 fully saturated rings. The zero-order chi connectivity index (χ0) is 45.8. The lowest BCUT2D eigenvalue weighted by Gasteiger charge is -2.38. The maximum absolute atomic E-state index is 16.5. The third-order valence-corrected chi connectivity index (χ3v) is 15.4. The van der Waals surface area contributed by atoms with Crippen LogP contribution in [0.5, 0.6) is 0 Å². The van der Waals surface area contributed by atoms with Gasteiger partial charge in [-0.3, -0.25) is 18.6 Å². The first-order valence-electron chi connectivity index (χ1n) is 23.1. The number of hydrogen-bond donors (Lipinski definition) is 2. The second-order valence-corrected chi connectivity index (χ2v) is 20.3. The Kier molecular flexibility index (Phi) is 8.67. The standard InChI is InChI=1S/C50H52F2N10O4/c1-27-20-34(21-28(2)40(27)51)62-44(59-18-17-58(47(59)64)38-9-8-37-36(41(38)52)25-54-61(37)32-6-7-32)39-29(3)60(26-49(12-13-49)42(39)55-62)45(63)35-23-33-22-30(31-11-19-66-48(4,5)24-31)10-16-57(33)43(35)50(14-15-50)46(53)56-65/h8-10,16-18,20-23,25,29,31-32,65H,6-7,11-15,19,24,26H2,1-5H3,(H2,53,56)/t29-,31-/m0/s1. The molecular weight excluding hydrogens is 843 g/mol. The predicted octanol–water partition coefficient (Wildman–Crippen LogP) is 8.35. The van der Waals surface area contributed by atoms with Gasteiger partial charge >= 0.3 is 5.69 Å². The van der Waals surface area contributed by atoms with Crippen LogP contribution in [0.25, 0.3) is 33.6 Å². The number of amidine groups is 1. The van der Waals surface area contributed by atoms with Gasteiger partial charge in [0.2, 0.25) is 0 Å². The van der Waals surface area contributed by atoms with Crippen LogP contribution in [-0.4, -0.2) is 73.7 Å². The summed E-state index contributed by atoms with van der Waals surface area (Å²) in [4.78, 5) is 32.4. The highest BCUT2D eigenvalue weighted by atomic mass is 19.1. The van der Waals surface area contributed by atoms with Crippen molar-refractivity contribution in [1.29, 1.82) is 0 Å². The number of rotatable bonds is 8. The van der Waals surface area contributed by atoms with Crippen LogP contribution in [0.2, 0.25) is 0 Å². The fourth-order valence-electron chi connectivity index (χ4n) is 11.3. The highest BCUT2D eigenvalue weighted by Crippen LogP contribution is 2.57. The quantitative estimate of drug-likeness (QED) is 0.0673. The summed E-state index contributed by atoms with van der Waals surface area (Å²) in [5.74, 6) is -0.383. The number of pyridine rings is 1. The molecule has 340 valence electrons. The topological polar surface area (TPSA) is 155 Å². The monoisotopic (exact) mass is 894 g/mol. The molecule has 2 aromatic carbocycles. The molecule has 0 bridgehead atoms. The number of carbonyl (C=O) groups excluding carboxylic acids is 1. The first kappa shape index (κ1) is 40.9. The molecule has 66 heavy (non-hydrogen) atoms. The Hall–Kier alpha value is -6.55. The van der Waals surface area contributed by atoms with Crippen molar-refractivity contribution in [2.75, 3.05) is 13.2 Å². The third kappa shape index (κ3) is 5.95. The van der Waals surface area contributed by atoms with Crippen LogP contribution in [0.15, 0.2) is 77.2 Å². The summed E-state index contributed by atoms with van der Waals surface area (Å²) < 4.78 is 46.1. The summed E-state index contributed by atoms with van der Waals surface area (Å²) in [6.45, 7) is 10.6. The van der Waals surface area contributed by atoms with Crippen LogP contribution in [0.3, 0.4) is 0 Å². The molecule has 2 atom stereocenters. The van der Waals surface area contributed by atoms with E-state index in [9.17, 15) is 10.0 Å². The lowest BCUT2D eigenvalue weighted by Crippen LogP contribution is -2.45. The Bertz CT molecular complexity index is 3280. The van der Waals surface area contributed by atoms with E-state index in [2.05, 4.69) is 36.2 Å². The average molecular weight is 895 g/mol. The van der Waals surface area contributed by atoms with E-state index in [1.165, 1.54) is 15.3 Å². The molecule has 0 unspecified atom stereocenters. The van der Waals surface area contributed by atoms with Gasteiger partial charge in [0.15, 0.2) is 11.7 Å². The van der Waals surface area contributed by atoms with Gasteiger partial charge in [-0.2, -0.15) is 10.2 Å². The highest BCUT2D eigenvalue weighted by Gasteiger charge is 2.57. The number of ether oxygens (including phenoxy) is 1. The van der Waals surface area contributed by atoms with Gasteiger partial charge in [0, 0.05) is 53.9 Å². The highest BCUT2D eigenvalue weighted by molar-refractivity contribution is 6.03. The number of benzene rings is 2. The van der Waals surface area contributed by atoms with Crippen LogP contribution in [0, 0.1) is 25.5 Å². The normalized spacial score (nSPS) is 21.8. The first-order valence-corrected chi connectivity index (χ1v) is 23.1. The largest absolute Gasteiger partial charge is 0.409 e. The first-order chi connectivity index (χ1) is 31.6. The van der Waals surface area contributed by atoms with Gasteiger partial charge in [0.1, 0.15) is 11.6 Å². The van der Waals surface area contributed by atoms with Crippen molar-refractivity contribution in [3.05, 3.63) is 129 Å². The van der Waals surface area contributed by atoms with Crippen LogP contribution < -0.4 is 11.4 Å². The van der Waals surface area contributed by atoms with E-state index >= 15 is 13.6 Å². The predicted molar refractivity (Wildman–Crippen MR) is 244 cm³/mol. The number of oxime groups is 1. The molecule has 1 saturated heterocycles. The van der Waals surface area contributed by atoms with Gasteiger partial charge in [-0.15, -0.1) is 0 Å². The van der Waals surface area contributed by atoms with Crippen molar-refractivity contribution in [2.45, 2.75) is 120 Å². The molecule has 7 aromatic rings. The number of nitrogens with zero attached hydrogens (tertiary/aromatic N) is 9. The molecule has 12 rings (SSSR count). The lowest BCUT2D eigenvalue weighted by molar-refractivity contribution is -0.0593. The Morgan fingerprint density at radius 2 is 1.70 bits per heavy atom. The minimum atomic E-state index is -0.838. The van der Waals surface area contributed by atoms with Crippen LogP contribution in [0.4, 0.5) is 8.78 Å². The number of nitrogens with two attached hydrogens (primary N) is 1. The summed E-state index contributed by atoms with van der Waals surface area (Å²) in [6, 6.07) is 12.7. The van der Waals surface area contributed by atoms with Crippen LogP contribution in [0.1, 0.15) is 134 Å². The Balaban J connectivity index is 1.01. The smallest absolute Gasteiger partial charge is 0.338 e. The van der Waals surface area contributed by atoms with E-state index in [0.717, 1.165) is 55.3 Å². The van der Waals surface area contributed by atoms with E-state index < -0.39 is 28.4 Å². The molecule has 7 heterocycles. The molecule has 5 aromatic heterocycles. The summed E-state index contributed by atoms with van der Waals surface area (Å²) >= 11 is 0. The molecule has 1 spiro atoms. The van der Waals surface area contributed by atoms with E-state index in [0.29, 0.717) is 76.3 Å². The summed E-state index contributed by atoms with van der Waals surface area (Å²) in [5, 5.41) is 23.6. The Labute approximate surface area is 378 Å². The summed E-state index contributed by atoms with van der Waals surface area (Å²) in [5.41, 5.74) is 11.1. The van der Waals surface area contributed by atoms with Gasteiger partial charge < -0.3 is 25.0 Å². The van der Waals surface area contributed by atoms with Crippen molar-refractivity contribution >= 4 is 28.2 Å². The van der Waals surface area contributed by atoms with Crippen LogP contribution >= 0.6 is 0 Å². The van der Waals surface area contributed by atoms with Crippen molar-refractivity contribution in [1.82, 2.24) is 38.0 Å². The fraction of sp³-hybridized carbons (Fsp3) is 0.420. The number of amides is 1. The molecule has 3 N–H and O–H groups in total. The Morgan fingerprint density at radius 1 is 0.955 bits per heavy atom. The maximum atomic E-state index is 16.5. The molecule has 5 aliphatic rings. The molecule has 3 aliphatic carbocycles. The van der Waals surface area contributed by atoms with Crippen molar-refractivity contribution in [2.24, 2.45) is 10.9 Å². The number of imidazole rings is 1. The summed E-state index contributed by atoms with van der Waals surface area (Å²) in [7, 11) is 0. The van der Waals surface area contributed by atoms with Crippen LogP contribution in [-0.2, 0) is 15.6 Å². The molecule has 0 radical (unpaired) electrons. The number of aromatic nitrogens is 7. The number of carbonyl (C=O) groups is 1. The average Bonchev–Trinajstić information content (AvgIpc) is 4.27. The molecule has 14 nitrogen and oxygen atoms in total. The molecule has 1 amide bonds. The summed E-state index contributed by atoms with van der Waals surface area (Å²) in [6.07, 6.45) is 13.1. The van der Waals surface area contributed by atoms with Gasteiger partial charge in [0.25, 0.3) is 5.91 Å². The van der Waals surface area contributed by atoms with Crippen molar-refractivity contribution in [3.8, 4) is 17.2 Å². The molecule has 2 aliphatic heterocycles. The minimum absolute atomic E-state index is 0.0594. The zero-order valence-corrected chi connectivity index (χ0v) is 37.7. The zero-order valence-electron chi connectivity index (χ0n) is 37.7. The Morgan fingerprint density at radius 3 is 2.38 bits per heavy atom. The number of halogens is 2. The maximum Gasteiger partial charge on any atom is 0.338 e. The second kappa shape index (κ2) is 14.0.